The zero-order chi connectivity index (χ0) is 38.6. The number of methoxy groups -OCH3 is 1. The molecule has 0 bridgehead atoms. The Morgan fingerprint density at radius 2 is 0.868 bits per heavy atom. The summed E-state index contributed by atoms with van der Waals surface area (Å²) in [6.07, 6.45) is 0. The lowest BCUT2D eigenvalue weighted by molar-refractivity contribution is 0.0519. The molecule has 3 heteroatoms. The van der Waals surface area contributed by atoms with Crippen LogP contribution in [0.25, 0.3) is 22.3 Å². The molecule has 0 aliphatic carbocycles. The van der Waals surface area contributed by atoms with Gasteiger partial charge in [-0.3, -0.25) is 0 Å². The highest BCUT2D eigenvalue weighted by atomic mass is 31.1. The molecule has 0 saturated carbocycles. The van der Waals surface area contributed by atoms with Gasteiger partial charge in [0.25, 0.3) is 0 Å². The van der Waals surface area contributed by atoms with Gasteiger partial charge in [-0.05, 0) is 122 Å². The molecule has 0 unspecified atom stereocenters. The topological polar surface area (TPSA) is 18.5 Å². The van der Waals surface area contributed by atoms with Gasteiger partial charge in [0.05, 0.1) is 0 Å². The molecule has 2 nitrogen and oxygen atoms in total. The van der Waals surface area contributed by atoms with E-state index in [9.17, 15) is 0 Å². The Bertz CT molecular complexity index is 1870. The Kier molecular flexibility index (Phi) is 13.5. The van der Waals surface area contributed by atoms with Gasteiger partial charge in [0.1, 0.15) is 5.75 Å². The predicted molar refractivity (Wildman–Crippen MR) is 233 cm³/mol. The Hall–Kier alpha value is -3.71. The second-order valence-corrected chi connectivity index (χ2v) is 18.7. The van der Waals surface area contributed by atoms with Crippen molar-refractivity contribution in [1.29, 1.82) is 0 Å². The second kappa shape index (κ2) is 17.6. The standard InChI is InChI=1S/C50H63O2P/c1-31(2)37-24-42(33(5)6)48(43(25-37)34(7)8)39-28-46(49-44(35(9)10)26-38(32(3)4)27-45(49)36(11)12)50(47(29-39)52-30-51-13)53(40-20-16-14-17-21-40)41-22-18-15-19-23-41/h14-29,31-36H,30H2,1-13H3. The Labute approximate surface area is 323 Å². The zero-order valence-corrected chi connectivity index (χ0v) is 35.6. The quantitative estimate of drug-likeness (QED) is 0.0838. The minimum Gasteiger partial charge on any atom is -0.467 e. The normalized spacial score (nSPS) is 12.1. The smallest absolute Gasteiger partial charge is 0.188 e. The highest BCUT2D eigenvalue weighted by Crippen LogP contribution is 2.49. The van der Waals surface area contributed by atoms with E-state index in [0.29, 0.717) is 35.5 Å². The molecule has 0 saturated heterocycles. The Balaban J connectivity index is 2.07. The van der Waals surface area contributed by atoms with E-state index in [4.69, 9.17) is 9.47 Å². The number of benzene rings is 5. The highest BCUT2D eigenvalue weighted by Gasteiger charge is 2.31. The lowest BCUT2D eigenvalue weighted by Crippen LogP contribution is -2.25. The van der Waals surface area contributed by atoms with Crippen LogP contribution in [0.3, 0.4) is 0 Å². The van der Waals surface area contributed by atoms with E-state index in [-0.39, 0.29) is 6.79 Å². The van der Waals surface area contributed by atoms with Crippen molar-refractivity contribution in [3.05, 3.63) is 130 Å². The van der Waals surface area contributed by atoms with Gasteiger partial charge in [-0.2, -0.15) is 0 Å². The molecule has 0 atom stereocenters. The van der Waals surface area contributed by atoms with Gasteiger partial charge in [0.15, 0.2) is 6.79 Å². The van der Waals surface area contributed by atoms with Crippen LogP contribution in [0.1, 0.15) is 152 Å². The Morgan fingerprint density at radius 1 is 0.472 bits per heavy atom. The minimum atomic E-state index is -1.03. The van der Waals surface area contributed by atoms with Crippen molar-refractivity contribution in [2.45, 2.75) is 119 Å². The monoisotopic (exact) mass is 726 g/mol. The molecule has 0 fully saturated rings. The summed E-state index contributed by atoms with van der Waals surface area (Å²) in [5.41, 5.74) is 13.6. The number of hydrogen-bond acceptors (Lipinski definition) is 2. The molecule has 5 rings (SSSR count). The molecule has 5 aromatic rings. The average Bonchev–Trinajstić information content (AvgIpc) is 3.13. The van der Waals surface area contributed by atoms with Crippen LogP contribution in [0.2, 0.25) is 0 Å². The molecule has 0 spiro atoms. The minimum absolute atomic E-state index is 0.170. The predicted octanol–water partition coefficient (Wildman–Crippen LogP) is 13.5. The summed E-state index contributed by atoms with van der Waals surface area (Å²) < 4.78 is 12.6. The van der Waals surface area contributed by atoms with Gasteiger partial charge >= 0.3 is 0 Å². The van der Waals surface area contributed by atoms with Crippen LogP contribution >= 0.6 is 7.92 Å². The summed E-state index contributed by atoms with van der Waals surface area (Å²) in [5, 5.41) is 3.84. The first kappa shape index (κ1) is 40.5. The molecule has 0 aromatic heterocycles. The molecule has 5 aromatic carbocycles. The molecule has 0 radical (unpaired) electrons. The summed E-state index contributed by atoms with van der Waals surface area (Å²) in [5.74, 6) is 3.11. The van der Waals surface area contributed by atoms with Gasteiger partial charge in [0.2, 0.25) is 0 Å². The lowest BCUT2D eigenvalue weighted by atomic mass is 9.79. The van der Waals surface area contributed by atoms with Crippen molar-refractivity contribution in [1.82, 2.24) is 0 Å². The van der Waals surface area contributed by atoms with Crippen LogP contribution in [-0.4, -0.2) is 13.9 Å². The molecule has 280 valence electrons. The van der Waals surface area contributed by atoms with E-state index in [0.717, 1.165) is 5.75 Å². The van der Waals surface area contributed by atoms with E-state index in [1.165, 1.54) is 71.5 Å². The maximum absolute atomic E-state index is 6.85. The van der Waals surface area contributed by atoms with Crippen molar-refractivity contribution < 1.29 is 9.47 Å². The van der Waals surface area contributed by atoms with Crippen LogP contribution in [0.4, 0.5) is 0 Å². The van der Waals surface area contributed by atoms with Gasteiger partial charge in [-0.1, -0.05) is 168 Å². The second-order valence-electron chi connectivity index (χ2n) is 16.5. The van der Waals surface area contributed by atoms with Gasteiger partial charge < -0.3 is 9.47 Å². The maximum Gasteiger partial charge on any atom is 0.188 e. The van der Waals surface area contributed by atoms with Crippen LogP contribution < -0.4 is 20.7 Å². The largest absolute Gasteiger partial charge is 0.467 e. The van der Waals surface area contributed by atoms with E-state index in [2.05, 4.69) is 180 Å². The van der Waals surface area contributed by atoms with E-state index >= 15 is 0 Å². The third kappa shape index (κ3) is 8.82. The average molecular weight is 727 g/mol. The zero-order valence-electron chi connectivity index (χ0n) is 34.7. The van der Waals surface area contributed by atoms with E-state index in [1.54, 1.807) is 7.11 Å². The molecule has 0 heterocycles. The van der Waals surface area contributed by atoms with Gasteiger partial charge in [0, 0.05) is 12.4 Å². The first-order valence-electron chi connectivity index (χ1n) is 19.8. The van der Waals surface area contributed by atoms with Crippen LogP contribution in [0, 0.1) is 0 Å². The molecule has 0 N–H and O–H groups in total. The van der Waals surface area contributed by atoms with Gasteiger partial charge in [-0.25, -0.2) is 0 Å². The van der Waals surface area contributed by atoms with Crippen molar-refractivity contribution >= 4 is 23.8 Å². The highest BCUT2D eigenvalue weighted by molar-refractivity contribution is 7.80. The molecular formula is C50H63O2P. The fourth-order valence-electron chi connectivity index (χ4n) is 7.52. The fraction of sp³-hybridized carbons (Fsp3) is 0.400. The summed E-state index contributed by atoms with van der Waals surface area (Å²) in [6.45, 7) is 28.2. The van der Waals surface area contributed by atoms with Crippen molar-refractivity contribution in [2.24, 2.45) is 0 Å². The lowest BCUT2D eigenvalue weighted by Gasteiger charge is -2.31. The van der Waals surface area contributed by atoms with Gasteiger partial charge in [-0.15, -0.1) is 0 Å². The molecule has 0 aliphatic heterocycles. The third-order valence-corrected chi connectivity index (χ3v) is 13.0. The summed E-state index contributed by atoms with van der Waals surface area (Å²) in [7, 11) is 0.694. The molecule has 0 aliphatic rings. The molecule has 0 amide bonds. The first-order valence-corrected chi connectivity index (χ1v) is 21.1. The summed E-state index contributed by atoms with van der Waals surface area (Å²) in [4.78, 5) is 0. The maximum atomic E-state index is 6.85. The van der Waals surface area contributed by atoms with Crippen LogP contribution in [0.15, 0.2) is 97.1 Å². The van der Waals surface area contributed by atoms with Crippen molar-refractivity contribution in [3.8, 4) is 28.0 Å². The van der Waals surface area contributed by atoms with E-state index in [1.807, 2.05) is 0 Å². The van der Waals surface area contributed by atoms with Crippen LogP contribution in [0.5, 0.6) is 5.75 Å². The SMILES string of the molecule is COCOc1cc(-c2c(C(C)C)cc(C(C)C)cc2C(C)C)cc(-c2c(C(C)C)cc(C(C)C)cc2C(C)C)c1P(c1ccccc1)c1ccccc1. The first-order chi connectivity index (χ1) is 25.2. The fourth-order valence-corrected chi connectivity index (χ4v) is 10.0. The van der Waals surface area contributed by atoms with Crippen molar-refractivity contribution in [2.75, 3.05) is 13.9 Å². The summed E-state index contributed by atoms with van der Waals surface area (Å²) in [6, 6.07) is 36.9. The molecular weight excluding hydrogens is 664 g/mol. The van der Waals surface area contributed by atoms with E-state index < -0.39 is 7.92 Å². The molecule has 53 heavy (non-hydrogen) atoms. The van der Waals surface area contributed by atoms with Crippen molar-refractivity contribution in [3.63, 3.8) is 0 Å². The number of rotatable bonds is 14. The third-order valence-electron chi connectivity index (χ3n) is 10.5. The Morgan fingerprint density at radius 3 is 1.23 bits per heavy atom. The van der Waals surface area contributed by atoms with Crippen LogP contribution in [-0.2, 0) is 4.74 Å². The number of ether oxygens (including phenoxy) is 2. The number of hydrogen-bond donors (Lipinski definition) is 0. The summed E-state index contributed by atoms with van der Waals surface area (Å²) >= 11 is 0.